The van der Waals surface area contributed by atoms with Crippen molar-refractivity contribution in [1.82, 2.24) is 9.29 Å². The molecule has 2 aromatic rings. The molecule has 0 N–H and O–H groups in total. The number of hydrogen-bond donors (Lipinski definition) is 0. The lowest BCUT2D eigenvalue weighted by Gasteiger charge is -2.24. The van der Waals surface area contributed by atoms with Crippen molar-refractivity contribution in [3.8, 4) is 0 Å². The van der Waals surface area contributed by atoms with Crippen LogP contribution in [0.1, 0.15) is 24.2 Å². The molecule has 0 spiro atoms. The molecule has 114 valence electrons. The minimum Gasteiger partial charge on any atom is -0.229 e. The van der Waals surface area contributed by atoms with Crippen LogP contribution in [0.3, 0.4) is 0 Å². The van der Waals surface area contributed by atoms with Gasteiger partial charge in [-0.25, -0.2) is 17.8 Å². The summed E-state index contributed by atoms with van der Waals surface area (Å²) in [6, 6.07) is 5.31. The molecule has 0 fully saturated rings. The van der Waals surface area contributed by atoms with Crippen molar-refractivity contribution in [2.24, 2.45) is 0 Å². The Morgan fingerprint density at radius 3 is 2.38 bits per heavy atom. The molecule has 2 rings (SSSR count). The monoisotopic (exact) mass is 348 g/mol. The zero-order valence-corrected chi connectivity index (χ0v) is 14.1. The Balaban J connectivity index is 2.36. The van der Waals surface area contributed by atoms with Crippen LogP contribution in [0.15, 0.2) is 28.5 Å². The first-order valence-corrected chi connectivity index (χ1v) is 8.73. The van der Waals surface area contributed by atoms with Crippen LogP contribution in [0.25, 0.3) is 0 Å². The third-order valence-electron chi connectivity index (χ3n) is 3.24. The van der Waals surface area contributed by atoms with Gasteiger partial charge in [-0.2, -0.15) is 4.31 Å². The quantitative estimate of drug-likeness (QED) is 0.847. The fraction of sp³-hybridized carbons (Fsp3) is 0.308. The molecule has 1 aromatic heterocycles. The van der Waals surface area contributed by atoms with Gasteiger partial charge in [-0.15, -0.1) is 0 Å². The first kappa shape index (κ1) is 16.4. The molecule has 0 aliphatic rings. The Hall–Kier alpha value is -1.02. The molecule has 1 heterocycles. The summed E-state index contributed by atoms with van der Waals surface area (Å²) in [5.74, 6) is -0.360. The van der Waals surface area contributed by atoms with Gasteiger partial charge in [0.15, 0.2) is 8.68 Å². The zero-order chi connectivity index (χ0) is 15.8. The standard InChI is InChI=1S/C13H14ClFN2O2S2/c1-8-12(20-13(14)16-8)21(18,19)17(3)9(2)10-4-6-11(15)7-5-10/h4-7,9H,1-3H3. The number of thiazole rings is 1. The SMILES string of the molecule is Cc1nc(Cl)sc1S(=O)(=O)N(C)C(C)c1ccc(F)cc1. The number of aryl methyl sites for hydroxylation is 1. The van der Waals surface area contributed by atoms with Gasteiger partial charge in [0.1, 0.15) is 5.82 Å². The maximum atomic E-state index is 13.0. The van der Waals surface area contributed by atoms with Crippen molar-refractivity contribution in [2.75, 3.05) is 7.05 Å². The van der Waals surface area contributed by atoms with Crippen LogP contribution in [0.5, 0.6) is 0 Å². The Labute approximate surface area is 132 Å². The van der Waals surface area contributed by atoms with Gasteiger partial charge in [0, 0.05) is 13.1 Å². The van der Waals surface area contributed by atoms with Crippen molar-refractivity contribution >= 4 is 33.0 Å². The van der Waals surface area contributed by atoms with Gasteiger partial charge in [0.25, 0.3) is 10.0 Å². The summed E-state index contributed by atoms with van der Waals surface area (Å²) >= 11 is 6.70. The normalized spacial score (nSPS) is 13.6. The molecular weight excluding hydrogens is 335 g/mol. The minimum atomic E-state index is -3.70. The van der Waals surface area contributed by atoms with E-state index < -0.39 is 16.1 Å². The molecule has 4 nitrogen and oxygen atoms in total. The highest BCUT2D eigenvalue weighted by Gasteiger charge is 2.30. The van der Waals surface area contributed by atoms with Crippen molar-refractivity contribution in [3.63, 3.8) is 0 Å². The van der Waals surface area contributed by atoms with Gasteiger partial charge < -0.3 is 0 Å². The van der Waals surface area contributed by atoms with Crippen LogP contribution in [-0.4, -0.2) is 24.8 Å². The first-order chi connectivity index (χ1) is 9.73. The second-order valence-corrected chi connectivity index (χ2v) is 8.36. The highest BCUT2D eigenvalue weighted by atomic mass is 35.5. The van der Waals surface area contributed by atoms with Gasteiger partial charge >= 0.3 is 0 Å². The number of benzene rings is 1. The van der Waals surface area contributed by atoms with Crippen LogP contribution in [0, 0.1) is 12.7 Å². The smallest absolute Gasteiger partial charge is 0.229 e. The number of rotatable bonds is 4. The second kappa shape index (κ2) is 6.00. The molecule has 0 amide bonds. The van der Waals surface area contributed by atoms with E-state index in [2.05, 4.69) is 4.98 Å². The lowest BCUT2D eigenvalue weighted by atomic mass is 10.1. The first-order valence-electron chi connectivity index (χ1n) is 6.10. The Morgan fingerprint density at radius 1 is 1.33 bits per heavy atom. The van der Waals surface area contributed by atoms with E-state index in [-0.39, 0.29) is 14.5 Å². The Morgan fingerprint density at radius 2 is 1.90 bits per heavy atom. The highest BCUT2D eigenvalue weighted by Crippen LogP contribution is 2.32. The number of aromatic nitrogens is 1. The van der Waals surface area contributed by atoms with E-state index in [4.69, 9.17) is 11.6 Å². The van der Waals surface area contributed by atoms with Crippen LogP contribution in [0.2, 0.25) is 4.47 Å². The average molecular weight is 349 g/mol. The van der Waals surface area contributed by atoms with Crippen molar-refractivity contribution in [1.29, 1.82) is 0 Å². The molecule has 0 aliphatic carbocycles. The van der Waals surface area contributed by atoms with E-state index in [1.807, 2.05) is 0 Å². The molecule has 0 bridgehead atoms. The summed E-state index contributed by atoms with van der Waals surface area (Å²) in [7, 11) is -2.21. The summed E-state index contributed by atoms with van der Waals surface area (Å²) in [6.45, 7) is 3.34. The predicted molar refractivity (Wildman–Crippen MR) is 81.6 cm³/mol. The van der Waals surface area contributed by atoms with E-state index in [1.165, 1.54) is 23.5 Å². The molecule has 1 aromatic carbocycles. The van der Waals surface area contributed by atoms with E-state index in [0.29, 0.717) is 11.3 Å². The number of halogens is 2. The van der Waals surface area contributed by atoms with Crippen molar-refractivity contribution in [3.05, 3.63) is 45.8 Å². The van der Waals surface area contributed by atoms with Crippen LogP contribution < -0.4 is 0 Å². The molecular formula is C13H14ClFN2O2S2. The van der Waals surface area contributed by atoms with Crippen molar-refractivity contribution in [2.45, 2.75) is 24.1 Å². The average Bonchev–Trinajstić information content (AvgIpc) is 2.77. The predicted octanol–water partition coefficient (Wildman–Crippen LogP) is 3.63. The van der Waals surface area contributed by atoms with Gasteiger partial charge in [-0.1, -0.05) is 35.1 Å². The summed E-state index contributed by atoms with van der Waals surface area (Å²) in [6.07, 6.45) is 0. The van der Waals surface area contributed by atoms with Crippen molar-refractivity contribution < 1.29 is 12.8 Å². The van der Waals surface area contributed by atoms with E-state index in [9.17, 15) is 12.8 Å². The second-order valence-electron chi connectivity index (χ2n) is 4.59. The van der Waals surface area contributed by atoms with Gasteiger partial charge in [0.2, 0.25) is 0 Å². The van der Waals surface area contributed by atoms with Crippen LogP contribution in [0.4, 0.5) is 4.39 Å². The third-order valence-corrected chi connectivity index (χ3v) is 7.02. The van der Waals surface area contributed by atoms with Crippen LogP contribution in [-0.2, 0) is 10.0 Å². The van der Waals surface area contributed by atoms with Gasteiger partial charge in [0.05, 0.1) is 5.69 Å². The molecule has 0 radical (unpaired) electrons. The zero-order valence-electron chi connectivity index (χ0n) is 11.7. The molecule has 1 unspecified atom stereocenters. The fourth-order valence-electron chi connectivity index (χ4n) is 1.88. The molecule has 1 atom stereocenters. The lowest BCUT2D eigenvalue weighted by molar-refractivity contribution is 0.399. The highest BCUT2D eigenvalue weighted by molar-refractivity contribution is 7.91. The maximum Gasteiger partial charge on any atom is 0.254 e. The van der Waals surface area contributed by atoms with E-state index >= 15 is 0 Å². The molecule has 8 heteroatoms. The molecule has 21 heavy (non-hydrogen) atoms. The largest absolute Gasteiger partial charge is 0.254 e. The minimum absolute atomic E-state index is 0.129. The number of hydrogen-bond acceptors (Lipinski definition) is 4. The Kier molecular flexibility index (Phi) is 4.67. The summed E-state index contributed by atoms with van der Waals surface area (Å²) in [4.78, 5) is 3.93. The molecule has 0 aliphatic heterocycles. The molecule has 0 saturated carbocycles. The maximum absolute atomic E-state index is 13.0. The third kappa shape index (κ3) is 3.26. The summed E-state index contributed by atoms with van der Waals surface area (Å²) < 4.78 is 39.7. The Bertz CT molecular complexity index is 744. The topological polar surface area (TPSA) is 50.3 Å². The summed E-state index contributed by atoms with van der Waals surface area (Å²) in [5, 5.41) is 0. The number of sulfonamides is 1. The van der Waals surface area contributed by atoms with Gasteiger partial charge in [-0.3, -0.25) is 0 Å². The van der Waals surface area contributed by atoms with E-state index in [0.717, 1.165) is 11.3 Å². The molecule has 0 saturated heterocycles. The fourth-order valence-corrected chi connectivity index (χ4v) is 5.13. The lowest BCUT2D eigenvalue weighted by Crippen LogP contribution is -2.29. The van der Waals surface area contributed by atoms with Crippen LogP contribution >= 0.6 is 22.9 Å². The summed E-state index contributed by atoms with van der Waals surface area (Å²) in [5.41, 5.74) is 1.08. The van der Waals surface area contributed by atoms with E-state index in [1.54, 1.807) is 26.0 Å². The van der Waals surface area contributed by atoms with Gasteiger partial charge in [-0.05, 0) is 31.5 Å². The number of nitrogens with zero attached hydrogens (tertiary/aromatic N) is 2.